The van der Waals surface area contributed by atoms with E-state index in [4.69, 9.17) is 27.9 Å². The molecule has 6 heteroatoms. The molecule has 0 radical (unpaired) electrons. The highest BCUT2D eigenvalue weighted by atomic mass is 35.5. The largest absolute Gasteiger partial charge is 0.444 e. The lowest BCUT2D eigenvalue weighted by Gasteiger charge is -2.08. The van der Waals surface area contributed by atoms with Gasteiger partial charge in [0.2, 0.25) is 0 Å². The van der Waals surface area contributed by atoms with Crippen molar-refractivity contribution in [3.63, 3.8) is 0 Å². The molecule has 0 saturated carbocycles. The highest BCUT2D eigenvalue weighted by molar-refractivity contribution is 6.35. The second kappa shape index (κ2) is 6.59. The lowest BCUT2D eigenvalue weighted by Crippen LogP contribution is -2.13. The SMILES string of the molecule is O=C(Nc1cc(Cl)ccc1Cl)OCc1ccc(F)cc1. The van der Waals surface area contributed by atoms with Crippen LogP contribution in [0.2, 0.25) is 10.0 Å². The minimum absolute atomic E-state index is 0.0320. The van der Waals surface area contributed by atoms with Crippen LogP contribution in [0.15, 0.2) is 42.5 Å². The van der Waals surface area contributed by atoms with Crippen LogP contribution >= 0.6 is 23.2 Å². The number of hydrogen-bond donors (Lipinski definition) is 1. The Bertz CT molecular complexity index is 617. The van der Waals surface area contributed by atoms with Gasteiger partial charge in [0.1, 0.15) is 12.4 Å². The maximum Gasteiger partial charge on any atom is 0.412 e. The summed E-state index contributed by atoms with van der Waals surface area (Å²) in [5, 5.41) is 3.28. The molecule has 104 valence electrons. The van der Waals surface area contributed by atoms with E-state index in [2.05, 4.69) is 5.32 Å². The van der Waals surface area contributed by atoms with Crippen LogP contribution in [0.1, 0.15) is 5.56 Å². The predicted molar refractivity (Wildman–Crippen MR) is 76.7 cm³/mol. The Hall–Kier alpha value is -1.78. The van der Waals surface area contributed by atoms with Crippen LogP contribution in [0.25, 0.3) is 0 Å². The molecule has 2 aromatic rings. The summed E-state index contributed by atoms with van der Waals surface area (Å²) < 4.78 is 17.7. The Balaban J connectivity index is 1.92. The van der Waals surface area contributed by atoms with Crippen molar-refractivity contribution >= 4 is 35.0 Å². The van der Waals surface area contributed by atoms with Crippen LogP contribution < -0.4 is 5.32 Å². The average Bonchev–Trinajstić information content (AvgIpc) is 2.42. The summed E-state index contributed by atoms with van der Waals surface area (Å²) in [6.45, 7) is 0.0320. The maximum absolute atomic E-state index is 12.7. The van der Waals surface area contributed by atoms with Crippen LogP contribution in [0.3, 0.4) is 0 Å². The van der Waals surface area contributed by atoms with Crippen molar-refractivity contribution in [2.45, 2.75) is 6.61 Å². The summed E-state index contributed by atoms with van der Waals surface area (Å²) in [6, 6.07) is 10.4. The molecule has 0 aromatic heterocycles. The van der Waals surface area contributed by atoms with Crippen LogP contribution in [-0.4, -0.2) is 6.09 Å². The zero-order valence-electron chi connectivity index (χ0n) is 10.2. The van der Waals surface area contributed by atoms with Gasteiger partial charge in [-0.3, -0.25) is 5.32 Å². The van der Waals surface area contributed by atoms with Gasteiger partial charge in [-0.15, -0.1) is 0 Å². The summed E-state index contributed by atoms with van der Waals surface area (Å²) in [7, 11) is 0. The van der Waals surface area contributed by atoms with Crippen molar-refractivity contribution in [1.82, 2.24) is 0 Å². The predicted octanol–water partition coefficient (Wildman–Crippen LogP) is 4.88. The number of carbonyl (C=O) groups is 1. The first-order valence-corrected chi connectivity index (χ1v) is 6.43. The number of amides is 1. The molecule has 0 saturated heterocycles. The third-order valence-electron chi connectivity index (χ3n) is 2.45. The molecule has 0 spiro atoms. The molecule has 2 aromatic carbocycles. The second-order valence-corrected chi connectivity index (χ2v) is 4.80. The molecule has 0 aliphatic carbocycles. The molecule has 3 nitrogen and oxygen atoms in total. The van der Waals surface area contributed by atoms with E-state index in [1.807, 2.05) is 0 Å². The van der Waals surface area contributed by atoms with Gasteiger partial charge in [-0.2, -0.15) is 0 Å². The van der Waals surface area contributed by atoms with Gasteiger partial charge in [-0.25, -0.2) is 9.18 Å². The Morgan fingerprint density at radius 3 is 2.55 bits per heavy atom. The van der Waals surface area contributed by atoms with Crippen molar-refractivity contribution in [2.24, 2.45) is 0 Å². The minimum Gasteiger partial charge on any atom is -0.444 e. The number of nitrogens with one attached hydrogen (secondary N) is 1. The number of rotatable bonds is 3. The summed E-state index contributed by atoms with van der Waals surface area (Å²) in [4.78, 5) is 11.6. The lowest BCUT2D eigenvalue weighted by molar-refractivity contribution is 0.155. The first kappa shape index (κ1) is 14.6. The van der Waals surface area contributed by atoms with E-state index in [1.165, 1.54) is 30.3 Å². The lowest BCUT2D eigenvalue weighted by atomic mass is 10.2. The molecule has 0 fully saturated rings. The number of ether oxygens (including phenoxy) is 1. The second-order valence-electron chi connectivity index (χ2n) is 3.95. The van der Waals surface area contributed by atoms with Gasteiger partial charge in [0.15, 0.2) is 0 Å². The van der Waals surface area contributed by atoms with Crippen molar-refractivity contribution < 1.29 is 13.9 Å². The van der Waals surface area contributed by atoms with Gasteiger partial charge < -0.3 is 4.74 Å². The first-order valence-electron chi connectivity index (χ1n) is 5.68. The summed E-state index contributed by atoms with van der Waals surface area (Å²) >= 11 is 11.7. The molecule has 0 aliphatic rings. The van der Waals surface area contributed by atoms with E-state index in [1.54, 1.807) is 12.1 Å². The van der Waals surface area contributed by atoms with E-state index in [9.17, 15) is 9.18 Å². The molecule has 20 heavy (non-hydrogen) atoms. The smallest absolute Gasteiger partial charge is 0.412 e. The zero-order chi connectivity index (χ0) is 14.5. The van der Waals surface area contributed by atoms with Crippen LogP contribution in [0.5, 0.6) is 0 Å². The Labute approximate surface area is 125 Å². The van der Waals surface area contributed by atoms with Crippen molar-refractivity contribution in [3.05, 3.63) is 63.9 Å². The minimum atomic E-state index is -0.668. The zero-order valence-corrected chi connectivity index (χ0v) is 11.7. The number of halogens is 3. The average molecular weight is 314 g/mol. The topological polar surface area (TPSA) is 38.3 Å². The normalized spacial score (nSPS) is 10.2. The van der Waals surface area contributed by atoms with Crippen molar-refractivity contribution in [3.8, 4) is 0 Å². The number of benzene rings is 2. The third-order valence-corrected chi connectivity index (χ3v) is 3.01. The monoisotopic (exact) mass is 313 g/mol. The maximum atomic E-state index is 12.7. The van der Waals surface area contributed by atoms with Crippen LogP contribution in [-0.2, 0) is 11.3 Å². The molecule has 0 bridgehead atoms. The van der Waals surface area contributed by atoms with Crippen molar-refractivity contribution in [2.75, 3.05) is 5.32 Å². The van der Waals surface area contributed by atoms with E-state index in [0.29, 0.717) is 21.3 Å². The molecule has 0 aliphatic heterocycles. The van der Waals surface area contributed by atoms with Crippen molar-refractivity contribution in [1.29, 1.82) is 0 Å². The molecule has 0 heterocycles. The molecule has 1 N–H and O–H groups in total. The fourth-order valence-electron chi connectivity index (χ4n) is 1.47. The molecular formula is C14H10Cl2FNO2. The standard InChI is InChI=1S/C14H10Cl2FNO2/c15-10-3-6-12(16)13(7-10)18-14(19)20-8-9-1-4-11(17)5-2-9/h1-7H,8H2,(H,18,19). The molecular weight excluding hydrogens is 304 g/mol. The third kappa shape index (κ3) is 4.11. The molecule has 1 amide bonds. The number of carbonyl (C=O) groups excluding carboxylic acids is 1. The molecule has 0 atom stereocenters. The van der Waals surface area contributed by atoms with Gasteiger partial charge in [-0.1, -0.05) is 35.3 Å². The Morgan fingerprint density at radius 1 is 1.15 bits per heavy atom. The van der Waals surface area contributed by atoms with Gasteiger partial charge in [0, 0.05) is 5.02 Å². The van der Waals surface area contributed by atoms with Gasteiger partial charge in [-0.05, 0) is 35.9 Å². The van der Waals surface area contributed by atoms with Gasteiger partial charge in [0.25, 0.3) is 0 Å². The van der Waals surface area contributed by atoms with Crippen LogP contribution in [0, 0.1) is 5.82 Å². The van der Waals surface area contributed by atoms with Crippen LogP contribution in [0.4, 0.5) is 14.9 Å². The highest BCUT2D eigenvalue weighted by Gasteiger charge is 2.07. The highest BCUT2D eigenvalue weighted by Crippen LogP contribution is 2.25. The molecule has 0 unspecified atom stereocenters. The Morgan fingerprint density at radius 2 is 1.85 bits per heavy atom. The Kier molecular flexibility index (Phi) is 4.82. The fraction of sp³-hybridized carbons (Fsp3) is 0.0714. The first-order chi connectivity index (χ1) is 9.54. The van der Waals surface area contributed by atoms with Gasteiger partial charge in [0.05, 0.1) is 10.7 Å². The summed E-state index contributed by atoms with van der Waals surface area (Å²) in [5.74, 6) is -0.344. The number of hydrogen-bond acceptors (Lipinski definition) is 2. The molecule has 2 rings (SSSR count). The quantitative estimate of drug-likeness (QED) is 0.876. The van der Waals surface area contributed by atoms with E-state index in [0.717, 1.165) is 0 Å². The fourth-order valence-corrected chi connectivity index (χ4v) is 1.81. The van der Waals surface area contributed by atoms with E-state index >= 15 is 0 Å². The summed E-state index contributed by atoms with van der Waals surface area (Å²) in [5.41, 5.74) is 1.04. The summed E-state index contributed by atoms with van der Waals surface area (Å²) in [6.07, 6.45) is -0.668. The van der Waals surface area contributed by atoms with E-state index < -0.39 is 6.09 Å². The van der Waals surface area contributed by atoms with Gasteiger partial charge >= 0.3 is 6.09 Å². The van der Waals surface area contributed by atoms with E-state index in [-0.39, 0.29) is 12.4 Å². The number of anilines is 1.